The van der Waals surface area contributed by atoms with Crippen molar-refractivity contribution in [2.75, 3.05) is 0 Å². The fraction of sp³-hybridized carbons (Fsp3) is 0.0833. The summed E-state index contributed by atoms with van der Waals surface area (Å²) in [5, 5.41) is 0. The minimum absolute atomic E-state index is 0.179. The molecule has 0 heterocycles. The first-order valence-electron chi connectivity index (χ1n) is 8.82. The molecule has 0 amide bonds. The first-order chi connectivity index (χ1) is 13.5. The van der Waals surface area contributed by atoms with Crippen LogP contribution in [0.5, 0.6) is 5.75 Å². The molecule has 0 aliphatic heterocycles. The number of para-hydroxylation sites is 1. The third-order valence-corrected chi connectivity index (χ3v) is 4.23. The molecule has 0 bridgehead atoms. The summed E-state index contributed by atoms with van der Waals surface area (Å²) in [6.45, 7) is 5.08. The van der Waals surface area contributed by atoms with Gasteiger partial charge in [0.25, 0.3) is 5.79 Å². The topological polar surface area (TPSA) is 52.6 Å². The van der Waals surface area contributed by atoms with Gasteiger partial charge in [0.1, 0.15) is 5.75 Å². The van der Waals surface area contributed by atoms with Crippen LogP contribution >= 0.6 is 0 Å². The molecule has 0 aliphatic rings. The molecule has 4 nitrogen and oxygen atoms in total. The first-order valence-corrected chi connectivity index (χ1v) is 8.82. The van der Waals surface area contributed by atoms with Gasteiger partial charge in [0.15, 0.2) is 5.78 Å². The predicted molar refractivity (Wildman–Crippen MR) is 107 cm³/mol. The smallest absolute Gasteiger partial charge is 0.333 e. The summed E-state index contributed by atoms with van der Waals surface area (Å²) < 4.78 is 11.6. The number of ether oxygens (including phenoxy) is 2. The van der Waals surface area contributed by atoms with E-state index in [4.69, 9.17) is 9.47 Å². The van der Waals surface area contributed by atoms with E-state index in [-0.39, 0.29) is 5.78 Å². The van der Waals surface area contributed by atoms with E-state index in [2.05, 4.69) is 6.58 Å². The maximum Gasteiger partial charge on any atom is 0.333 e. The number of hydrogen-bond donors (Lipinski definition) is 0. The molecule has 0 N–H and O–H groups in total. The number of carbonyl (C=O) groups excluding carboxylic acids is 2. The summed E-state index contributed by atoms with van der Waals surface area (Å²) in [5.41, 5.74) is 1.56. The molecule has 4 heteroatoms. The minimum Gasteiger partial charge on any atom is -0.448 e. The van der Waals surface area contributed by atoms with Gasteiger partial charge < -0.3 is 9.47 Å². The minimum atomic E-state index is -1.43. The molecule has 0 radical (unpaired) electrons. The summed E-state index contributed by atoms with van der Waals surface area (Å²) >= 11 is 0. The lowest BCUT2D eigenvalue weighted by atomic mass is 10.0. The summed E-state index contributed by atoms with van der Waals surface area (Å²) in [6.07, 6.45) is 1.07. The maximum atomic E-state index is 13.0. The lowest BCUT2D eigenvalue weighted by Gasteiger charge is -2.31. The molecule has 28 heavy (non-hydrogen) atoms. The SMILES string of the molecule is C=CC(=O)OC(C)(Oc1ccccc1C(=O)c1ccccc1)c1ccccc1. The Labute approximate surface area is 164 Å². The molecule has 3 rings (SSSR count). The number of hydrogen-bond acceptors (Lipinski definition) is 4. The Morgan fingerprint density at radius 3 is 2.07 bits per heavy atom. The summed E-state index contributed by atoms with van der Waals surface area (Å²) in [7, 11) is 0. The highest BCUT2D eigenvalue weighted by atomic mass is 16.7. The second-order valence-corrected chi connectivity index (χ2v) is 6.23. The Morgan fingerprint density at radius 1 is 0.857 bits per heavy atom. The van der Waals surface area contributed by atoms with E-state index >= 15 is 0 Å². The van der Waals surface area contributed by atoms with E-state index in [0.29, 0.717) is 22.4 Å². The standard InChI is InChI=1S/C24H20O4/c1-3-22(25)28-24(2,19-14-8-5-9-15-19)27-21-17-11-10-16-20(21)23(26)18-12-6-4-7-13-18/h3-17H,1H2,2H3. The molecule has 140 valence electrons. The molecule has 0 saturated carbocycles. The van der Waals surface area contributed by atoms with Crippen molar-refractivity contribution in [1.29, 1.82) is 0 Å². The number of esters is 1. The molecule has 1 unspecified atom stereocenters. The van der Waals surface area contributed by atoms with E-state index < -0.39 is 11.8 Å². The van der Waals surface area contributed by atoms with Crippen molar-refractivity contribution in [3.8, 4) is 5.75 Å². The monoisotopic (exact) mass is 372 g/mol. The van der Waals surface area contributed by atoms with Gasteiger partial charge in [-0.05, 0) is 12.1 Å². The van der Waals surface area contributed by atoms with E-state index in [1.54, 1.807) is 67.6 Å². The zero-order chi connectivity index (χ0) is 20.0. The molecule has 3 aromatic rings. The van der Waals surface area contributed by atoms with Gasteiger partial charge in [0, 0.05) is 24.1 Å². The third kappa shape index (κ3) is 4.18. The lowest BCUT2D eigenvalue weighted by Crippen LogP contribution is -2.35. The molecule has 0 fully saturated rings. The van der Waals surface area contributed by atoms with Crippen molar-refractivity contribution >= 4 is 11.8 Å². The van der Waals surface area contributed by atoms with Crippen LogP contribution in [0.2, 0.25) is 0 Å². The predicted octanol–water partition coefficient (Wildman–Crippen LogP) is 4.90. The first kappa shape index (κ1) is 19.1. The van der Waals surface area contributed by atoms with Crippen molar-refractivity contribution in [1.82, 2.24) is 0 Å². The van der Waals surface area contributed by atoms with E-state index in [1.165, 1.54) is 0 Å². The summed E-state index contributed by atoms with van der Waals surface area (Å²) in [5.74, 6) is -1.92. The zero-order valence-corrected chi connectivity index (χ0v) is 15.5. The van der Waals surface area contributed by atoms with Crippen LogP contribution in [0.25, 0.3) is 0 Å². The fourth-order valence-corrected chi connectivity index (χ4v) is 2.81. The highest BCUT2D eigenvalue weighted by molar-refractivity contribution is 6.10. The largest absolute Gasteiger partial charge is 0.448 e. The van der Waals surface area contributed by atoms with Crippen LogP contribution in [0.4, 0.5) is 0 Å². The van der Waals surface area contributed by atoms with Crippen LogP contribution in [-0.2, 0) is 15.3 Å². The van der Waals surface area contributed by atoms with Crippen LogP contribution in [0, 0.1) is 0 Å². The Balaban J connectivity index is 2.01. The molecular formula is C24H20O4. The molecule has 0 spiro atoms. The van der Waals surface area contributed by atoms with Crippen molar-refractivity contribution in [3.05, 3.63) is 114 Å². The highest BCUT2D eigenvalue weighted by Crippen LogP contribution is 2.32. The summed E-state index contributed by atoms with van der Waals surface area (Å²) in [4.78, 5) is 24.9. The lowest BCUT2D eigenvalue weighted by molar-refractivity contribution is -0.190. The maximum absolute atomic E-state index is 13.0. The van der Waals surface area contributed by atoms with Crippen molar-refractivity contribution in [2.24, 2.45) is 0 Å². The molecule has 0 saturated heterocycles. The van der Waals surface area contributed by atoms with Crippen molar-refractivity contribution in [2.45, 2.75) is 12.7 Å². The van der Waals surface area contributed by atoms with E-state index in [1.807, 2.05) is 24.3 Å². The molecule has 0 aromatic heterocycles. The molecule has 0 aliphatic carbocycles. The van der Waals surface area contributed by atoms with Crippen molar-refractivity contribution < 1.29 is 19.1 Å². The zero-order valence-electron chi connectivity index (χ0n) is 15.5. The Kier molecular flexibility index (Phi) is 5.70. The van der Waals surface area contributed by atoms with Crippen LogP contribution in [-0.4, -0.2) is 11.8 Å². The van der Waals surface area contributed by atoms with Gasteiger partial charge in [-0.1, -0.05) is 79.4 Å². The van der Waals surface area contributed by atoms with Gasteiger partial charge in [-0.25, -0.2) is 4.79 Å². The molecular weight excluding hydrogens is 352 g/mol. The van der Waals surface area contributed by atoms with Gasteiger partial charge in [-0.3, -0.25) is 4.79 Å². The van der Waals surface area contributed by atoms with E-state index in [0.717, 1.165) is 6.08 Å². The Hall–Kier alpha value is -3.66. The van der Waals surface area contributed by atoms with Crippen LogP contribution in [0.1, 0.15) is 28.4 Å². The van der Waals surface area contributed by atoms with Gasteiger partial charge in [0.05, 0.1) is 5.56 Å². The van der Waals surface area contributed by atoms with Gasteiger partial charge >= 0.3 is 5.97 Å². The highest BCUT2D eigenvalue weighted by Gasteiger charge is 2.34. The van der Waals surface area contributed by atoms with Crippen LogP contribution in [0.3, 0.4) is 0 Å². The Morgan fingerprint density at radius 2 is 1.43 bits per heavy atom. The second-order valence-electron chi connectivity index (χ2n) is 6.23. The fourth-order valence-electron chi connectivity index (χ4n) is 2.81. The normalized spacial score (nSPS) is 12.5. The van der Waals surface area contributed by atoms with Gasteiger partial charge in [0.2, 0.25) is 0 Å². The molecule has 3 aromatic carbocycles. The van der Waals surface area contributed by atoms with Crippen LogP contribution in [0.15, 0.2) is 97.6 Å². The van der Waals surface area contributed by atoms with Crippen molar-refractivity contribution in [3.63, 3.8) is 0 Å². The number of rotatable bonds is 7. The average Bonchev–Trinajstić information content (AvgIpc) is 2.74. The van der Waals surface area contributed by atoms with Crippen LogP contribution < -0.4 is 4.74 Å². The molecule has 1 atom stereocenters. The second kappa shape index (κ2) is 8.35. The van der Waals surface area contributed by atoms with Gasteiger partial charge in [-0.2, -0.15) is 0 Å². The quantitative estimate of drug-likeness (QED) is 0.256. The van der Waals surface area contributed by atoms with Gasteiger partial charge in [-0.15, -0.1) is 0 Å². The summed E-state index contributed by atoms with van der Waals surface area (Å²) in [6, 6.07) is 24.9. The average molecular weight is 372 g/mol. The third-order valence-electron chi connectivity index (χ3n) is 4.23. The van der Waals surface area contributed by atoms with E-state index in [9.17, 15) is 9.59 Å². The number of carbonyl (C=O) groups is 2. The number of ketones is 1. The Bertz CT molecular complexity index is 980. The number of benzene rings is 3.